The fourth-order valence-corrected chi connectivity index (χ4v) is 4.47. The molecule has 1 heterocycles. The third-order valence-electron chi connectivity index (χ3n) is 6.11. The minimum atomic E-state index is -0.463. The predicted molar refractivity (Wildman–Crippen MR) is 115 cm³/mol. The molecule has 31 heavy (non-hydrogen) atoms. The van der Waals surface area contributed by atoms with Gasteiger partial charge in [0.2, 0.25) is 11.8 Å². The Balaban J connectivity index is 1.35. The first-order valence-corrected chi connectivity index (χ1v) is 10.6. The highest BCUT2D eigenvalue weighted by atomic mass is 16.5. The Morgan fingerprint density at radius 3 is 2.42 bits per heavy atom. The van der Waals surface area contributed by atoms with Gasteiger partial charge in [-0.15, -0.1) is 0 Å². The number of nitrogens with zero attached hydrogens (tertiary/aromatic N) is 1. The van der Waals surface area contributed by atoms with Gasteiger partial charge in [0.15, 0.2) is 0 Å². The monoisotopic (exact) mass is 421 g/mol. The second-order valence-electron chi connectivity index (χ2n) is 8.04. The Morgan fingerprint density at radius 2 is 1.77 bits per heavy atom. The maximum Gasteiger partial charge on any atom is 0.337 e. The molecule has 2 amide bonds. The van der Waals surface area contributed by atoms with E-state index in [2.05, 4.69) is 27.7 Å². The van der Waals surface area contributed by atoms with Gasteiger partial charge in [-0.05, 0) is 41.7 Å². The molecule has 1 aliphatic heterocycles. The fraction of sp³-hybridized carbons (Fsp3) is 0.375. The number of benzene rings is 2. The highest BCUT2D eigenvalue weighted by molar-refractivity contribution is 5.89. The van der Waals surface area contributed by atoms with Crippen LogP contribution in [0.1, 0.15) is 33.5 Å². The van der Waals surface area contributed by atoms with E-state index in [9.17, 15) is 14.4 Å². The van der Waals surface area contributed by atoms with E-state index < -0.39 is 12.0 Å². The molecule has 4 rings (SSSR count). The van der Waals surface area contributed by atoms with Crippen molar-refractivity contribution in [3.05, 3.63) is 70.8 Å². The number of nitrogens with one attached hydrogen (secondary N) is 2. The summed E-state index contributed by atoms with van der Waals surface area (Å²) in [6, 6.07) is 15.1. The molecule has 1 aliphatic carbocycles. The smallest absolute Gasteiger partial charge is 0.337 e. The third-order valence-corrected chi connectivity index (χ3v) is 6.11. The van der Waals surface area contributed by atoms with Crippen LogP contribution < -0.4 is 10.6 Å². The van der Waals surface area contributed by atoms with E-state index in [-0.39, 0.29) is 24.3 Å². The average Bonchev–Trinajstić information content (AvgIpc) is 3.23. The Labute approximate surface area is 181 Å². The second-order valence-corrected chi connectivity index (χ2v) is 8.04. The third kappa shape index (κ3) is 4.77. The molecule has 0 saturated carbocycles. The van der Waals surface area contributed by atoms with E-state index >= 15 is 0 Å². The van der Waals surface area contributed by atoms with Crippen LogP contribution >= 0.6 is 0 Å². The summed E-state index contributed by atoms with van der Waals surface area (Å²) >= 11 is 0. The molecular formula is C24H27N3O4. The Hall–Kier alpha value is -3.19. The number of carbonyl (C=O) groups is 3. The maximum absolute atomic E-state index is 12.6. The Kier molecular flexibility index (Phi) is 6.32. The number of amides is 2. The fourth-order valence-electron chi connectivity index (χ4n) is 4.47. The van der Waals surface area contributed by atoms with Gasteiger partial charge in [-0.2, -0.15) is 0 Å². The van der Waals surface area contributed by atoms with Crippen molar-refractivity contribution in [3.63, 3.8) is 0 Å². The van der Waals surface area contributed by atoms with Gasteiger partial charge in [-0.1, -0.05) is 36.4 Å². The molecule has 162 valence electrons. The summed E-state index contributed by atoms with van der Waals surface area (Å²) < 4.78 is 4.69. The van der Waals surface area contributed by atoms with Gasteiger partial charge in [-0.3, -0.25) is 14.5 Å². The number of ether oxygens (including phenoxy) is 1. The van der Waals surface area contributed by atoms with E-state index in [1.54, 1.807) is 24.3 Å². The van der Waals surface area contributed by atoms with Gasteiger partial charge >= 0.3 is 5.97 Å². The number of rotatable bonds is 6. The standard InChI is InChI=1S/C24H27N3O4/c1-31-24(30)17-8-6-16(7-9-17)15-26-22(28)14-21-23(29)25-10-11-27(21)20-12-18-4-2-3-5-19(18)13-20/h2-9,20-21H,10-15H2,1H3,(H,25,29)(H,26,28). The van der Waals surface area contributed by atoms with Crippen LogP contribution in [0.25, 0.3) is 0 Å². The molecule has 2 N–H and O–H groups in total. The molecule has 1 atom stereocenters. The van der Waals surface area contributed by atoms with Gasteiger partial charge < -0.3 is 15.4 Å². The van der Waals surface area contributed by atoms with Gasteiger partial charge in [0.25, 0.3) is 0 Å². The molecule has 2 aliphatic rings. The lowest BCUT2D eigenvalue weighted by Crippen LogP contribution is -2.59. The number of carbonyl (C=O) groups excluding carboxylic acids is 3. The van der Waals surface area contributed by atoms with Gasteiger partial charge in [0, 0.05) is 25.7 Å². The zero-order valence-corrected chi connectivity index (χ0v) is 17.6. The van der Waals surface area contributed by atoms with E-state index in [4.69, 9.17) is 4.74 Å². The molecule has 0 aromatic heterocycles. The number of hydrogen-bond acceptors (Lipinski definition) is 5. The van der Waals surface area contributed by atoms with Gasteiger partial charge in [0.05, 0.1) is 25.1 Å². The molecule has 0 bridgehead atoms. The lowest BCUT2D eigenvalue weighted by molar-refractivity contribution is -0.135. The van der Waals surface area contributed by atoms with Crippen molar-refractivity contribution in [3.8, 4) is 0 Å². The first-order valence-electron chi connectivity index (χ1n) is 10.6. The normalized spacial score (nSPS) is 18.9. The van der Waals surface area contributed by atoms with Crippen molar-refractivity contribution in [2.75, 3.05) is 20.2 Å². The summed E-state index contributed by atoms with van der Waals surface area (Å²) in [5, 5.41) is 5.80. The second kappa shape index (κ2) is 9.31. The topological polar surface area (TPSA) is 87.7 Å². The minimum absolute atomic E-state index is 0.0835. The quantitative estimate of drug-likeness (QED) is 0.690. The van der Waals surface area contributed by atoms with Crippen molar-refractivity contribution in [2.45, 2.75) is 37.9 Å². The van der Waals surface area contributed by atoms with E-state index in [0.29, 0.717) is 18.7 Å². The zero-order valence-electron chi connectivity index (χ0n) is 17.6. The summed E-state index contributed by atoms with van der Waals surface area (Å²) in [7, 11) is 1.34. The lowest BCUT2D eigenvalue weighted by Gasteiger charge is -2.38. The van der Waals surface area contributed by atoms with Crippen LogP contribution in [0.4, 0.5) is 0 Å². The number of hydrogen-bond donors (Lipinski definition) is 2. The van der Waals surface area contributed by atoms with E-state index in [1.165, 1.54) is 18.2 Å². The van der Waals surface area contributed by atoms with Crippen LogP contribution in [-0.4, -0.2) is 55.0 Å². The van der Waals surface area contributed by atoms with Crippen LogP contribution in [0.5, 0.6) is 0 Å². The van der Waals surface area contributed by atoms with Crippen LogP contribution in [-0.2, 0) is 33.7 Å². The molecule has 7 nitrogen and oxygen atoms in total. The summed E-state index contributed by atoms with van der Waals surface area (Å²) in [5.74, 6) is -0.646. The van der Waals surface area contributed by atoms with Crippen LogP contribution in [0.2, 0.25) is 0 Å². The highest BCUT2D eigenvalue weighted by Gasteiger charge is 2.38. The molecule has 1 saturated heterocycles. The summed E-state index contributed by atoms with van der Waals surface area (Å²) in [4.78, 5) is 39.0. The lowest BCUT2D eigenvalue weighted by atomic mass is 10.0. The first kappa shape index (κ1) is 21.1. The number of piperazine rings is 1. The molecule has 2 aromatic carbocycles. The van der Waals surface area contributed by atoms with Crippen LogP contribution in [0.15, 0.2) is 48.5 Å². The number of fused-ring (bicyclic) bond motifs is 1. The van der Waals surface area contributed by atoms with Crippen molar-refractivity contribution in [2.24, 2.45) is 0 Å². The summed E-state index contributed by atoms with van der Waals surface area (Å²) in [6.07, 6.45) is 1.95. The molecule has 0 spiro atoms. The SMILES string of the molecule is COC(=O)c1ccc(CNC(=O)CC2C(=O)NCCN2C2Cc3ccccc3C2)cc1. The minimum Gasteiger partial charge on any atom is -0.465 e. The molecule has 1 unspecified atom stereocenters. The molecule has 7 heteroatoms. The zero-order chi connectivity index (χ0) is 21.8. The summed E-state index contributed by atoms with van der Waals surface area (Å²) in [5.41, 5.74) is 4.00. The maximum atomic E-state index is 12.6. The summed E-state index contributed by atoms with van der Waals surface area (Å²) in [6.45, 7) is 1.69. The molecule has 2 aromatic rings. The van der Waals surface area contributed by atoms with Crippen molar-refractivity contribution in [1.82, 2.24) is 15.5 Å². The number of esters is 1. The predicted octanol–water partition coefficient (Wildman–Crippen LogP) is 1.45. The van der Waals surface area contributed by atoms with Crippen LogP contribution in [0.3, 0.4) is 0 Å². The van der Waals surface area contributed by atoms with Crippen molar-refractivity contribution in [1.29, 1.82) is 0 Å². The van der Waals surface area contributed by atoms with Gasteiger partial charge in [-0.25, -0.2) is 4.79 Å². The van der Waals surface area contributed by atoms with Crippen molar-refractivity contribution < 1.29 is 19.1 Å². The van der Waals surface area contributed by atoms with Crippen molar-refractivity contribution >= 4 is 17.8 Å². The molecule has 0 radical (unpaired) electrons. The van der Waals surface area contributed by atoms with Crippen LogP contribution in [0, 0.1) is 0 Å². The van der Waals surface area contributed by atoms with Gasteiger partial charge in [0.1, 0.15) is 0 Å². The van der Waals surface area contributed by atoms with E-state index in [0.717, 1.165) is 24.9 Å². The Bertz CT molecular complexity index is 948. The molecular weight excluding hydrogens is 394 g/mol. The average molecular weight is 421 g/mol. The Morgan fingerprint density at radius 1 is 1.10 bits per heavy atom. The largest absolute Gasteiger partial charge is 0.465 e. The first-order chi connectivity index (χ1) is 15.0. The van der Waals surface area contributed by atoms with E-state index in [1.807, 2.05) is 12.1 Å². The number of methoxy groups -OCH3 is 1. The highest BCUT2D eigenvalue weighted by Crippen LogP contribution is 2.28. The molecule has 1 fully saturated rings.